The van der Waals surface area contributed by atoms with Crippen molar-refractivity contribution in [1.82, 2.24) is 10.2 Å². The van der Waals surface area contributed by atoms with E-state index in [1.54, 1.807) is 12.1 Å². The Kier molecular flexibility index (Phi) is 5.38. The second kappa shape index (κ2) is 7.04. The Morgan fingerprint density at radius 3 is 2.85 bits per heavy atom. The van der Waals surface area contributed by atoms with Crippen LogP contribution in [0.15, 0.2) is 18.2 Å². The molecule has 1 aromatic carbocycles. The fraction of sp³-hybridized carbons (Fsp3) is 0.625. The van der Waals surface area contributed by atoms with E-state index in [-0.39, 0.29) is 11.9 Å². The van der Waals surface area contributed by atoms with E-state index >= 15 is 0 Å². The molecule has 112 valence electrons. The summed E-state index contributed by atoms with van der Waals surface area (Å²) in [7, 11) is 1.49. The maximum absolute atomic E-state index is 13.9. The van der Waals surface area contributed by atoms with Gasteiger partial charge in [-0.1, -0.05) is 13.0 Å². The monoisotopic (exact) mass is 280 g/mol. The Morgan fingerprint density at radius 2 is 2.30 bits per heavy atom. The molecule has 2 unspecified atom stereocenters. The minimum Gasteiger partial charge on any atom is -0.494 e. The molecule has 4 heteroatoms. The third kappa shape index (κ3) is 3.30. The molecule has 2 atom stereocenters. The van der Waals surface area contributed by atoms with Crippen molar-refractivity contribution in [2.75, 3.05) is 26.7 Å². The largest absolute Gasteiger partial charge is 0.494 e. The van der Waals surface area contributed by atoms with Gasteiger partial charge in [-0.15, -0.1) is 0 Å². The van der Waals surface area contributed by atoms with Gasteiger partial charge in [0.1, 0.15) is 0 Å². The van der Waals surface area contributed by atoms with Crippen LogP contribution < -0.4 is 10.1 Å². The minimum absolute atomic E-state index is 0.213. The summed E-state index contributed by atoms with van der Waals surface area (Å²) in [4.78, 5) is 2.45. The molecule has 20 heavy (non-hydrogen) atoms. The number of nitrogens with zero attached hydrogens (tertiary/aromatic N) is 1. The van der Waals surface area contributed by atoms with Gasteiger partial charge in [-0.25, -0.2) is 4.39 Å². The molecule has 0 amide bonds. The zero-order valence-electron chi connectivity index (χ0n) is 12.7. The summed E-state index contributed by atoms with van der Waals surface area (Å²) in [5, 5.41) is 3.45. The molecule has 0 aromatic heterocycles. The van der Waals surface area contributed by atoms with Crippen LogP contribution in [-0.2, 0) is 0 Å². The molecule has 1 heterocycles. The van der Waals surface area contributed by atoms with E-state index in [1.807, 2.05) is 6.07 Å². The first-order valence-corrected chi connectivity index (χ1v) is 7.47. The van der Waals surface area contributed by atoms with Crippen LogP contribution in [-0.4, -0.2) is 37.7 Å². The second-order valence-electron chi connectivity index (χ2n) is 5.40. The summed E-state index contributed by atoms with van der Waals surface area (Å²) >= 11 is 0. The summed E-state index contributed by atoms with van der Waals surface area (Å²) in [6.45, 7) is 7.43. The number of ether oxygens (including phenoxy) is 1. The Balaban J connectivity index is 2.14. The van der Waals surface area contributed by atoms with Crippen LogP contribution >= 0.6 is 0 Å². The summed E-state index contributed by atoms with van der Waals surface area (Å²) < 4.78 is 18.8. The van der Waals surface area contributed by atoms with Crippen LogP contribution in [0, 0.1) is 5.82 Å². The van der Waals surface area contributed by atoms with Crippen LogP contribution in [0.4, 0.5) is 4.39 Å². The molecule has 0 spiro atoms. The summed E-state index contributed by atoms with van der Waals surface area (Å²) in [5.74, 6) is 0.0259. The lowest BCUT2D eigenvalue weighted by molar-refractivity contribution is 0.128. The number of hydrogen-bond donors (Lipinski definition) is 1. The van der Waals surface area contributed by atoms with E-state index in [1.165, 1.54) is 20.0 Å². The number of rotatable bonds is 5. The van der Waals surface area contributed by atoms with E-state index < -0.39 is 0 Å². The van der Waals surface area contributed by atoms with Gasteiger partial charge in [0, 0.05) is 18.6 Å². The van der Waals surface area contributed by atoms with Gasteiger partial charge in [-0.2, -0.15) is 0 Å². The average molecular weight is 280 g/mol. The van der Waals surface area contributed by atoms with Crippen molar-refractivity contribution < 1.29 is 9.13 Å². The highest BCUT2D eigenvalue weighted by molar-refractivity contribution is 5.31. The molecule has 0 aliphatic carbocycles. The van der Waals surface area contributed by atoms with E-state index in [2.05, 4.69) is 24.1 Å². The predicted molar refractivity (Wildman–Crippen MR) is 79.6 cm³/mol. The zero-order valence-corrected chi connectivity index (χ0v) is 12.7. The molecule has 0 saturated carbocycles. The number of hydrogen-bond acceptors (Lipinski definition) is 3. The van der Waals surface area contributed by atoms with Gasteiger partial charge in [0.2, 0.25) is 0 Å². The van der Waals surface area contributed by atoms with E-state index in [0.29, 0.717) is 11.8 Å². The van der Waals surface area contributed by atoms with Gasteiger partial charge in [0.15, 0.2) is 11.6 Å². The molecule has 1 aromatic rings. The van der Waals surface area contributed by atoms with Crippen LogP contribution in [0.2, 0.25) is 0 Å². The molecule has 1 aliphatic rings. The molecule has 1 saturated heterocycles. The normalized spacial score (nSPS) is 20.9. The van der Waals surface area contributed by atoms with Crippen LogP contribution in [0.25, 0.3) is 0 Å². The van der Waals surface area contributed by atoms with Gasteiger partial charge in [-0.05, 0) is 50.6 Å². The quantitative estimate of drug-likeness (QED) is 0.897. The minimum atomic E-state index is -0.283. The van der Waals surface area contributed by atoms with Crippen LogP contribution in [0.3, 0.4) is 0 Å². The van der Waals surface area contributed by atoms with Crippen molar-refractivity contribution in [2.24, 2.45) is 0 Å². The van der Waals surface area contributed by atoms with E-state index in [9.17, 15) is 4.39 Å². The maximum Gasteiger partial charge on any atom is 0.165 e. The van der Waals surface area contributed by atoms with Crippen molar-refractivity contribution in [1.29, 1.82) is 0 Å². The molecular formula is C16H25FN2O. The summed E-state index contributed by atoms with van der Waals surface area (Å²) in [6, 6.07) is 6.03. The lowest BCUT2D eigenvalue weighted by atomic mass is 10.00. The van der Waals surface area contributed by atoms with Gasteiger partial charge < -0.3 is 10.1 Å². The Bertz CT molecular complexity index is 432. The van der Waals surface area contributed by atoms with Crippen molar-refractivity contribution in [3.05, 3.63) is 29.6 Å². The van der Waals surface area contributed by atoms with Crippen molar-refractivity contribution in [2.45, 2.75) is 38.8 Å². The molecular weight excluding hydrogens is 255 g/mol. The Hall–Kier alpha value is -1.13. The van der Waals surface area contributed by atoms with Crippen molar-refractivity contribution >= 4 is 0 Å². The maximum atomic E-state index is 13.9. The van der Waals surface area contributed by atoms with Crippen molar-refractivity contribution in [3.8, 4) is 5.75 Å². The standard InChI is InChI=1S/C16H25FN2O/c1-4-19(14-6-5-9-18-11-14)12(2)13-7-8-16(20-3)15(17)10-13/h7-8,10,12,14,18H,4-6,9,11H2,1-3H3. The van der Waals surface area contributed by atoms with E-state index in [0.717, 1.165) is 25.2 Å². The van der Waals surface area contributed by atoms with Gasteiger partial charge in [-0.3, -0.25) is 4.90 Å². The molecule has 0 radical (unpaired) electrons. The summed E-state index contributed by atoms with van der Waals surface area (Å²) in [5.41, 5.74) is 1.01. The molecule has 1 fully saturated rings. The number of methoxy groups -OCH3 is 1. The summed E-state index contributed by atoms with van der Waals surface area (Å²) in [6.07, 6.45) is 2.43. The molecule has 3 nitrogen and oxygen atoms in total. The zero-order chi connectivity index (χ0) is 14.5. The van der Waals surface area contributed by atoms with Gasteiger partial charge in [0.25, 0.3) is 0 Å². The highest BCUT2D eigenvalue weighted by Crippen LogP contribution is 2.28. The molecule has 2 rings (SSSR count). The number of benzene rings is 1. The second-order valence-corrected chi connectivity index (χ2v) is 5.40. The first kappa shape index (κ1) is 15.3. The van der Waals surface area contributed by atoms with E-state index in [4.69, 9.17) is 4.74 Å². The number of likely N-dealkylation sites (N-methyl/N-ethyl adjacent to an activating group) is 1. The molecule has 1 N–H and O–H groups in total. The topological polar surface area (TPSA) is 24.5 Å². The fourth-order valence-corrected chi connectivity index (χ4v) is 3.10. The third-order valence-electron chi connectivity index (χ3n) is 4.26. The number of piperidine rings is 1. The fourth-order valence-electron chi connectivity index (χ4n) is 3.10. The lowest BCUT2D eigenvalue weighted by Crippen LogP contribution is -2.46. The molecule has 0 bridgehead atoms. The van der Waals surface area contributed by atoms with Crippen LogP contribution in [0.5, 0.6) is 5.75 Å². The van der Waals surface area contributed by atoms with Gasteiger partial charge in [0.05, 0.1) is 7.11 Å². The SMILES string of the molecule is CCN(C1CCCNC1)C(C)c1ccc(OC)c(F)c1. The lowest BCUT2D eigenvalue weighted by Gasteiger charge is -2.38. The van der Waals surface area contributed by atoms with Gasteiger partial charge >= 0.3 is 0 Å². The van der Waals surface area contributed by atoms with Crippen molar-refractivity contribution in [3.63, 3.8) is 0 Å². The average Bonchev–Trinajstić information content (AvgIpc) is 2.49. The first-order chi connectivity index (χ1) is 9.67. The van der Waals surface area contributed by atoms with Crippen LogP contribution in [0.1, 0.15) is 38.3 Å². The first-order valence-electron chi connectivity index (χ1n) is 7.47. The Labute approximate surface area is 121 Å². The molecule has 1 aliphatic heterocycles. The Morgan fingerprint density at radius 1 is 1.50 bits per heavy atom. The predicted octanol–water partition coefficient (Wildman–Crippen LogP) is 2.97. The number of halogens is 1. The smallest absolute Gasteiger partial charge is 0.165 e. The highest BCUT2D eigenvalue weighted by atomic mass is 19.1. The number of nitrogens with one attached hydrogen (secondary N) is 1. The third-order valence-corrected chi connectivity index (χ3v) is 4.26. The highest BCUT2D eigenvalue weighted by Gasteiger charge is 2.25.